The third-order valence-corrected chi connectivity index (χ3v) is 9.32. The van der Waals surface area contributed by atoms with Crippen molar-refractivity contribution in [2.45, 2.75) is 0 Å². The molecule has 3 heteroatoms. The predicted octanol–water partition coefficient (Wildman–Crippen LogP) is 12.2. The van der Waals surface area contributed by atoms with Crippen molar-refractivity contribution in [3.63, 3.8) is 0 Å². The van der Waals surface area contributed by atoms with Crippen LogP contribution in [0.5, 0.6) is 0 Å². The number of hydrogen-bond acceptors (Lipinski definition) is 3. The summed E-state index contributed by atoms with van der Waals surface area (Å²) >= 11 is 0. The number of nitrogens with zero attached hydrogens (tertiary/aromatic N) is 3. The summed E-state index contributed by atoms with van der Waals surface area (Å²) in [4.78, 5) is 14.8. The van der Waals surface area contributed by atoms with Crippen LogP contribution in [0.1, 0.15) is 0 Å². The van der Waals surface area contributed by atoms with Gasteiger partial charge in [-0.05, 0) is 67.1 Å². The molecule has 50 heavy (non-hydrogen) atoms. The molecule has 0 fully saturated rings. The van der Waals surface area contributed by atoms with Gasteiger partial charge in [-0.1, -0.05) is 176 Å². The maximum absolute atomic E-state index is 4.95. The number of aromatic nitrogens is 3. The van der Waals surface area contributed by atoms with E-state index >= 15 is 0 Å². The molecule has 9 aromatic rings. The Labute approximate surface area is 291 Å². The molecule has 1 aromatic heterocycles. The molecule has 1 heterocycles. The van der Waals surface area contributed by atoms with E-state index < -0.39 is 0 Å². The maximum atomic E-state index is 4.95. The van der Waals surface area contributed by atoms with Crippen molar-refractivity contribution in [1.29, 1.82) is 0 Å². The second-order valence-corrected chi connectivity index (χ2v) is 12.5. The Bertz CT molecular complexity index is 2560. The molecule has 0 N–H and O–H groups in total. The van der Waals surface area contributed by atoms with Gasteiger partial charge >= 0.3 is 0 Å². The van der Waals surface area contributed by atoms with E-state index in [4.69, 9.17) is 15.0 Å². The lowest BCUT2D eigenvalue weighted by Crippen LogP contribution is -2.00. The minimum Gasteiger partial charge on any atom is -0.208 e. The predicted molar refractivity (Wildman–Crippen MR) is 207 cm³/mol. The third kappa shape index (κ3) is 5.61. The summed E-state index contributed by atoms with van der Waals surface area (Å²) in [5.41, 5.74) is 10.0. The Morgan fingerprint density at radius 2 is 0.680 bits per heavy atom. The molecule has 9 rings (SSSR count). The van der Waals surface area contributed by atoms with E-state index in [1.54, 1.807) is 0 Å². The summed E-state index contributed by atoms with van der Waals surface area (Å²) in [5, 5.41) is 4.87. The lowest BCUT2D eigenvalue weighted by Gasteiger charge is -2.16. The van der Waals surface area contributed by atoms with Crippen molar-refractivity contribution in [3.05, 3.63) is 188 Å². The first kappa shape index (κ1) is 29.4. The molecule has 0 amide bonds. The first-order valence-corrected chi connectivity index (χ1v) is 16.9. The van der Waals surface area contributed by atoms with Crippen molar-refractivity contribution in [1.82, 2.24) is 15.0 Å². The molecule has 0 spiro atoms. The standard InChI is InChI=1S/C47H31N3/c1-4-12-32(13-5-1)38-24-25-40-31-41(27-26-39(40)30-38)43-29-28-33-14-10-11-19-42(33)44(43)34-20-22-37(23-21-34)47-49-45(35-15-6-2-7-16-35)48-46(50-47)36-17-8-3-9-18-36/h1-31H. The molecular weight excluding hydrogens is 607 g/mol. The van der Waals surface area contributed by atoms with E-state index in [1.807, 2.05) is 60.7 Å². The monoisotopic (exact) mass is 637 g/mol. The molecule has 8 aromatic carbocycles. The molecule has 234 valence electrons. The van der Waals surface area contributed by atoms with Crippen molar-refractivity contribution in [2.75, 3.05) is 0 Å². The van der Waals surface area contributed by atoms with Gasteiger partial charge in [-0.3, -0.25) is 0 Å². The second kappa shape index (κ2) is 12.7. The van der Waals surface area contributed by atoms with Crippen LogP contribution in [-0.4, -0.2) is 15.0 Å². The second-order valence-electron chi connectivity index (χ2n) is 12.5. The van der Waals surface area contributed by atoms with Gasteiger partial charge in [-0.15, -0.1) is 0 Å². The molecule has 0 unspecified atom stereocenters. The van der Waals surface area contributed by atoms with E-state index in [0.29, 0.717) is 17.5 Å². The Hall–Kier alpha value is -6.71. The number of hydrogen-bond donors (Lipinski definition) is 0. The van der Waals surface area contributed by atoms with Crippen LogP contribution in [-0.2, 0) is 0 Å². The van der Waals surface area contributed by atoms with E-state index in [2.05, 4.69) is 127 Å². The summed E-state index contributed by atoms with van der Waals surface area (Å²) in [6, 6.07) is 66.0. The van der Waals surface area contributed by atoms with Crippen LogP contribution >= 0.6 is 0 Å². The maximum Gasteiger partial charge on any atom is 0.164 e. The van der Waals surface area contributed by atoms with Crippen molar-refractivity contribution in [2.24, 2.45) is 0 Å². The van der Waals surface area contributed by atoms with Gasteiger partial charge in [0.15, 0.2) is 17.5 Å². The van der Waals surface area contributed by atoms with Crippen LogP contribution in [0.15, 0.2) is 188 Å². The summed E-state index contributed by atoms with van der Waals surface area (Å²) < 4.78 is 0. The molecule has 0 aliphatic heterocycles. The smallest absolute Gasteiger partial charge is 0.164 e. The minimum absolute atomic E-state index is 0.645. The van der Waals surface area contributed by atoms with Gasteiger partial charge in [-0.25, -0.2) is 15.0 Å². The van der Waals surface area contributed by atoms with Gasteiger partial charge in [0.25, 0.3) is 0 Å². The van der Waals surface area contributed by atoms with Crippen molar-refractivity contribution >= 4 is 21.5 Å². The summed E-state index contributed by atoms with van der Waals surface area (Å²) in [7, 11) is 0. The molecule has 0 aliphatic rings. The average Bonchev–Trinajstić information content (AvgIpc) is 3.21. The third-order valence-electron chi connectivity index (χ3n) is 9.32. The van der Waals surface area contributed by atoms with Crippen molar-refractivity contribution < 1.29 is 0 Å². The quantitative estimate of drug-likeness (QED) is 0.182. The fraction of sp³-hybridized carbons (Fsp3) is 0. The summed E-state index contributed by atoms with van der Waals surface area (Å²) in [6.45, 7) is 0. The zero-order valence-electron chi connectivity index (χ0n) is 27.2. The molecule has 0 radical (unpaired) electrons. The highest BCUT2D eigenvalue weighted by atomic mass is 15.0. The number of rotatable bonds is 6. The first-order valence-electron chi connectivity index (χ1n) is 16.9. The SMILES string of the molecule is c1ccc(-c2ccc3cc(-c4ccc5ccccc5c4-c4ccc(-c5nc(-c6ccccc6)nc(-c6ccccc6)n5)cc4)ccc3c2)cc1. The number of benzene rings is 8. The Morgan fingerprint density at radius 1 is 0.260 bits per heavy atom. The molecule has 0 saturated carbocycles. The van der Waals surface area contributed by atoms with Crippen LogP contribution in [0.25, 0.3) is 89.1 Å². The molecule has 0 saturated heterocycles. The Balaban J connectivity index is 1.14. The van der Waals surface area contributed by atoms with E-state index in [-0.39, 0.29) is 0 Å². The Kier molecular flexibility index (Phi) is 7.49. The fourth-order valence-corrected chi connectivity index (χ4v) is 6.77. The van der Waals surface area contributed by atoms with Gasteiger partial charge in [0.2, 0.25) is 0 Å². The van der Waals surface area contributed by atoms with Crippen LogP contribution in [0.2, 0.25) is 0 Å². The highest BCUT2D eigenvalue weighted by Crippen LogP contribution is 2.40. The molecule has 3 nitrogen and oxygen atoms in total. The van der Waals surface area contributed by atoms with Crippen LogP contribution < -0.4 is 0 Å². The fourth-order valence-electron chi connectivity index (χ4n) is 6.77. The normalized spacial score (nSPS) is 11.2. The molecule has 0 atom stereocenters. The minimum atomic E-state index is 0.645. The lowest BCUT2D eigenvalue weighted by atomic mass is 9.88. The van der Waals surface area contributed by atoms with E-state index in [1.165, 1.54) is 49.4 Å². The van der Waals surface area contributed by atoms with Crippen LogP contribution in [0, 0.1) is 0 Å². The van der Waals surface area contributed by atoms with E-state index in [9.17, 15) is 0 Å². The van der Waals surface area contributed by atoms with Gasteiger partial charge in [0.1, 0.15) is 0 Å². The first-order chi connectivity index (χ1) is 24.8. The average molecular weight is 638 g/mol. The lowest BCUT2D eigenvalue weighted by molar-refractivity contribution is 1.07. The highest BCUT2D eigenvalue weighted by Gasteiger charge is 2.15. The Morgan fingerprint density at radius 3 is 1.28 bits per heavy atom. The largest absolute Gasteiger partial charge is 0.208 e. The van der Waals surface area contributed by atoms with Gasteiger partial charge in [-0.2, -0.15) is 0 Å². The summed E-state index contributed by atoms with van der Waals surface area (Å²) in [6.07, 6.45) is 0. The van der Waals surface area contributed by atoms with Crippen LogP contribution in [0.4, 0.5) is 0 Å². The zero-order valence-corrected chi connectivity index (χ0v) is 27.2. The summed E-state index contributed by atoms with van der Waals surface area (Å²) in [5.74, 6) is 1.95. The highest BCUT2D eigenvalue weighted by molar-refractivity contribution is 6.05. The molecule has 0 aliphatic carbocycles. The van der Waals surface area contributed by atoms with Crippen LogP contribution in [0.3, 0.4) is 0 Å². The zero-order chi connectivity index (χ0) is 33.3. The van der Waals surface area contributed by atoms with Gasteiger partial charge < -0.3 is 0 Å². The topological polar surface area (TPSA) is 38.7 Å². The van der Waals surface area contributed by atoms with Gasteiger partial charge in [0, 0.05) is 16.7 Å². The molecular formula is C47H31N3. The number of fused-ring (bicyclic) bond motifs is 2. The van der Waals surface area contributed by atoms with E-state index in [0.717, 1.165) is 22.3 Å². The molecule has 0 bridgehead atoms. The van der Waals surface area contributed by atoms with Crippen molar-refractivity contribution in [3.8, 4) is 67.5 Å². The van der Waals surface area contributed by atoms with Gasteiger partial charge in [0.05, 0.1) is 0 Å².